The normalized spacial score (nSPS) is 23.9. The summed E-state index contributed by atoms with van der Waals surface area (Å²) >= 11 is 0. The molecular formula is C19H20N6O2. The Balaban J connectivity index is 1.49. The van der Waals surface area contributed by atoms with Gasteiger partial charge in [-0.1, -0.05) is 6.58 Å². The van der Waals surface area contributed by atoms with Crippen molar-refractivity contribution in [3.63, 3.8) is 0 Å². The van der Waals surface area contributed by atoms with Gasteiger partial charge in [-0.2, -0.15) is 10.2 Å². The Labute approximate surface area is 156 Å². The molecule has 0 N–H and O–H groups in total. The van der Waals surface area contributed by atoms with E-state index in [1.165, 1.54) is 6.08 Å². The molecule has 8 nitrogen and oxygen atoms in total. The summed E-state index contributed by atoms with van der Waals surface area (Å²) in [5.74, 6) is 0.526. The number of rotatable bonds is 4. The number of hydrogen-bond donors (Lipinski definition) is 0. The van der Waals surface area contributed by atoms with Crippen LogP contribution >= 0.6 is 0 Å². The zero-order valence-electron chi connectivity index (χ0n) is 15.0. The summed E-state index contributed by atoms with van der Waals surface area (Å²) in [7, 11) is 1.87. The maximum atomic E-state index is 12.2. The first kappa shape index (κ1) is 16.0. The zero-order valence-corrected chi connectivity index (χ0v) is 15.0. The predicted molar refractivity (Wildman–Crippen MR) is 98.1 cm³/mol. The van der Waals surface area contributed by atoms with Crippen LogP contribution < -0.4 is 4.74 Å². The van der Waals surface area contributed by atoms with Gasteiger partial charge in [0.2, 0.25) is 11.8 Å². The van der Waals surface area contributed by atoms with E-state index in [9.17, 15) is 4.79 Å². The van der Waals surface area contributed by atoms with Crippen LogP contribution in [0.5, 0.6) is 5.88 Å². The van der Waals surface area contributed by atoms with Crippen molar-refractivity contribution in [1.82, 2.24) is 29.3 Å². The number of aryl methyl sites for hydroxylation is 1. The molecule has 0 unspecified atom stereocenters. The van der Waals surface area contributed by atoms with Crippen molar-refractivity contribution in [2.24, 2.45) is 7.05 Å². The highest BCUT2D eigenvalue weighted by Gasteiger charge is 2.49. The first-order valence-corrected chi connectivity index (χ1v) is 9.09. The van der Waals surface area contributed by atoms with Gasteiger partial charge in [0.1, 0.15) is 11.6 Å². The van der Waals surface area contributed by atoms with E-state index in [4.69, 9.17) is 9.72 Å². The topological polar surface area (TPSA) is 77.6 Å². The second kappa shape index (κ2) is 5.94. The van der Waals surface area contributed by atoms with Crippen LogP contribution in [0, 0.1) is 0 Å². The molecule has 0 aliphatic carbocycles. The number of amides is 1. The standard InChI is InChI=1S/C19H20N6O2/c1-3-18(26)25-13-4-5-15(25)17(8-13)27-19-16-6-7-20-24(16)11-14(22-19)12-9-21-23(2)10-12/h3,6-7,9-11,13,15,17H,1,4-5,8H2,2H3/t13-,15+,17+/m0/s1. The first-order chi connectivity index (χ1) is 13.1. The van der Waals surface area contributed by atoms with Gasteiger partial charge < -0.3 is 9.64 Å². The van der Waals surface area contributed by atoms with Gasteiger partial charge in [0.15, 0.2) is 0 Å². The lowest BCUT2D eigenvalue weighted by Crippen LogP contribution is -2.38. The SMILES string of the molecule is C=CC(=O)N1[C@H]2CC[C@@H]1[C@H](Oc1nc(-c3cnn(C)c3)cn3nccc13)C2. The molecule has 2 bridgehead atoms. The molecule has 0 aromatic carbocycles. The molecule has 2 aliphatic rings. The lowest BCUT2D eigenvalue weighted by atomic mass is 9.98. The smallest absolute Gasteiger partial charge is 0.246 e. The van der Waals surface area contributed by atoms with Gasteiger partial charge in [-0.3, -0.25) is 9.48 Å². The Morgan fingerprint density at radius 1 is 1.33 bits per heavy atom. The third kappa shape index (κ3) is 2.51. The van der Waals surface area contributed by atoms with E-state index < -0.39 is 0 Å². The van der Waals surface area contributed by atoms with Crippen molar-refractivity contribution in [2.75, 3.05) is 0 Å². The summed E-state index contributed by atoms with van der Waals surface area (Å²) in [6.07, 6.45) is 11.4. The molecule has 5 heterocycles. The largest absolute Gasteiger partial charge is 0.471 e. The fourth-order valence-corrected chi connectivity index (χ4v) is 4.33. The minimum atomic E-state index is -0.0667. The second-order valence-corrected chi connectivity index (χ2v) is 7.14. The molecule has 0 saturated carbocycles. The van der Waals surface area contributed by atoms with Gasteiger partial charge >= 0.3 is 0 Å². The van der Waals surface area contributed by atoms with E-state index in [2.05, 4.69) is 16.8 Å². The molecule has 3 aromatic rings. The molecule has 138 valence electrons. The van der Waals surface area contributed by atoms with Crippen LogP contribution in [0.1, 0.15) is 19.3 Å². The molecule has 2 aliphatic heterocycles. The van der Waals surface area contributed by atoms with Crippen molar-refractivity contribution >= 4 is 11.4 Å². The van der Waals surface area contributed by atoms with E-state index in [0.29, 0.717) is 5.88 Å². The Morgan fingerprint density at radius 3 is 3.00 bits per heavy atom. The maximum Gasteiger partial charge on any atom is 0.246 e. The van der Waals surface area contributed by atoms with Crippen molar-refractivity contribution in [1.29, 1.82) is 0 Å². The fourth-order valence-electron chi connectivity index (χ4n) is 4.33. The highest BCUT2D eigenvalue weighted by atomic mass is 16.5. The molecule has 3 aromatic heterocycles. The van der Waals surface area contributed by atoms with Gasteiger partial charge in [-0.05, 0) is 25.0 Å². The van der Waals surface area contributed by atoms with Gasteiger partial charge in [0.05, 0.1) is 30.3 Å². The Bertz CT molecular complexity index is 1040. The maximum absolute atomic E-state index is 12.2. The Morgan fingerprint density at radius 2 is 2.22 bits per heavy atom. The van der Waals surface area contributed by atoms with Crippen molar-refractivity contribution in [3.8, 4) is 17.1 Å². The summed E-state index contributed by atoms with van der Waals surface area (Å²) in [6, 6.07) is 2.19. The van der Waals surface area contributed by atoms with Crippen LogP contribution in [0.4, 0.5) is 0 Å². The summed E-state index contributed by atoms with van der Waals surface area (Å²) in [5.41, 5.74) is 2.46. The van der Waals surface area contributed by atoms with E-state index in [1.54, 1.807) is 21.6 Å². The molecule has 1 amide bonds. The van der Waals surface area contributed by atoms with E-state index >= 15 is 0 Å². The molecule has 8 heteroatoms. The van der Waals surface area contributed by atoms with Gasteiger partial charge in [-0.15, -0.1) is 0 Å². The second-order valence-electron chi connectivity index (χ2n) is 7.14. The Hall–Kier alpha value is -3.16. The van der Waals surface area contributed by atoms with Crippen LogP contribution in [0.15, 0.2) is 43.5 Å². The number of fused-ring (bicyclic) bond motifs is 3. The highest BCUT2D eigenvalue weighted by molar-refractivity contribution is 5.88. The van der Waals surface area contributed by atoms with E-state index in [1.807, 2.05) is 30.4 Å². The quantitative estimate of drug-likeness (QED) is 0.660. The third-order valence-electron chi connectivity index (χ3n) is 5.53. The third-order valence-corrected chi connectivity index (χ3v) is 5.53. The molecule has 3 atom stereocenters. The monoisotopic (exact) mass is 364 g/mol. The minimum absolute atomic E-state index is 0.0137. The number of carbonyl (C=O) groups excluding carboxylic acids is 1. The fraction of sp³-hybridized carbons (Fsp3) is 0.368. The molecule has 0 radical (unpaired) electrons. The van der Waals surface area contributed by atoms with E-state index in [-0.39, 0.29) is 24.1 Å². The number of aromatic nitrogens is 5. The molecule has 2 saturated heterocycles. The average molecular weight is 364 g/mol. The summed E-state index contributed by atoms with van der Waals surface area (Å²) in [4.78, 5) is 18.9. The van der Waals surface area contributed by atoms with Gasteiger partial charge in [0, 0.05) is 31.3 Å². The van der Waals surface area contributed by atoms with Gasteiger partial charge in [-0.25, -0.2) is 9.50 Å². The minimum Gasteiger partial charge on any atom is -0.471 e. The van der Waals surface area contributed by atoms with Crippen LogP contribution in [0.2, 0.25) is 0 Å². The summed E-state index contributed by atoms with van der Waals surface area (Å²) in [6.45, 7) is 3.63. The zero-order chi connectivity index (χ0) is 18.5. The lowest BCUT2D eigenvalue weighted by Gasteiger charge is -2.24. The highest BCUT2D eigenvalue weighted by Crippen LogP contribution is 2.40. The molecule has 27 heavy (non-hydrogen) atoms. The van der Waals surface area contributed by atoms with Crippen molar-refractivity contribution in [2.45, 2.75) is 37.5 Å². The average Bonchev–Trinajstić information content (AvgIpc) is 3.43. The number of nitrogens with zero attached hydrogens (tertiary/aromatic N) is 6. The van der Waals surface area contributed by atoms with Crippen LogP contribution in [-0.2, 0) is 11.8 Å². The summed E-state index contributed by atoms with van der Waals surface area (Å²) < 4.78 is 9.85. The van der Waals surface area contributed by atoms with E-state index in [0.717, 1.165) is 36.0 Å². The number of carbonyl (C=O) groups is 1. The number of hydrogen-bond acceptors (Lipinski definition) is 5. The van der Waals surface area contributed by atoms with Crippen molar-refractivity contribution < 1.29 is 9.53 Å². The molecule has 5 rings (SSSR count). The van der Waals surface area contributed by atoms with Crippen LogP contribution in [0.25, 0.3) is 16.8 Å². The van der Waals surface area contributed by atoms with Crippen LogP contribution in [0.3, 0.4) is 0 Å². The predicted octanol–water partition coefficient (Wildman–Crippen LogP) is 1.83. The van der Waals surface area contributed by atoms with Crippen LogP contribution in [-0.4, -0.2) is 53.4 Å². The Kier molecular flexibility index (Phi) is 3.53. The lowest BCUT2D eigenvalue weighted by molar-refractivity contribution is -0.127. The first-order valence-electron chi connectivity index (χ1n) is 9.09. The van der Waals surface area contributed by atoms with Gasteiger partial charge in [0.25, 0.3) is 0 Å². The summed E-state index contributed by atoms with van der Waals surface area (Å²) in [5, 5.41) is 8.56. The molecule has 2 fully saturated rings. The number of ether oxygens (including phenoxy) is 1. The molecule has 0 spiro atoms. The van der Waals surface area contributed by atoms with Crippen molar-refractivity contribution in [3.05, 3.63) is 43.5 Å². The molecular weight excluding hydrogens is 344 g/mol.